The quantitative estimate of drug-likeness (QED) is 0.593. The van der Waals surface area contributed by atoms with Crippen LogP contribution in [0.1, 0.15) is 37.7 Å². The second-order valence-electron chi connectivity index (χ2n) is 4.68. The molecule has 0 spiro atoms. The first kappa shape index (κ1) is 13.1. The molecule has 0 radical (unpaired) electrons. The molecule has 1 aliphatic heterocycles. The van der Waals surface area contributed by atoms with E-state index in [2.05, 4.69) is 0 Å². The Morgan fingerprint density at radius 2 is 2.06 bits per heavy atom. The molecule has 2 rings (SSSR count). The van der Waals surface area contributed by atoms with Gasteiger partial charge in [-0.15, -0.1) is 0 Å². The highest BCUT2D eigenvalue weighted by Gasteiger charge is 2.17. The zero-order valence-corrected chi connectivity index (χ0v) is 10.6. The maximum absolute atomic E-state index is 11.3. The fourth-order valence-corrected chi connectivity index (χ4v) is 2.13. The van der Waals surface area contributed by atoms with E-state index in [1.54, 1.807) is 0 Å². The van der Waals surface area contributed by atoms with Crippen LogP contribution in [0.15, 0.2) is 30.3 Å². The van der Waals surface area contributed by atoms with Crippen molar-refractivity contribution in [1.29, 1.82) is 0 Å². The van der Waals surface area contributed by atoms with Crippen molar-refractivity contribution in [2.24, 2.45) is 0 Å². The van der Waals surface area contributed by atoms with Gasteiger partial charge in [0.2, 0.25) is 0 Å². The second kappa shape index (κ2) is 7.17. The van der Waals surface area contributed by atoms with Crippen LogP contribution >= 0.6 is 0 Å². The van der Waals surface area contributed by atoms with Gasteiger partial charge in [0.25, 0.3) is 0 Å². The third kappa shape index (κ3) is 4.49. The Labute approximate surface area is 108 Å². The third-order valence-electron chi connectivity index (χ3n) is 3.15. The third-order valence-corrected chi connectivity index (χ3v) is 3.15. The fourth-order valence-electron chi connectivity index (χ4n) is 2.13. The Kier molecular flexibility index (Phi) is 5.21. The Balaban J connectivity index is 1.64. The zero-order chi connectivity index (χ0) is 12.6. The first-order chi connectivity index (χ1) is 8.84. The topological polar surface area (TPSA) is 35.5 Å². The zero-order valence-electron chi connectivity index (χ0n) is 10.6. The molecule has 0 aliphatic carbocycles. The van der Waals surface area contributed by atoms with Gasteiger partial charge in [-0.1, -0.05) is 30.3 Å². The minimum Gasteiger partial charge on any atom is -0.462 e. The Bertz CT molecular complexity index is 361. The van der Waals surface area contributed by atoms with Crippen LogP contribution in [0.5, 0.6) is 0 Å². The van der Waals surface area contributed by atoms with Crippen LogP contribution < -0.4 is 0 Å². The van der Waals surface area contributed by atoms with Gasteiger partial charge in [0, 0.05) is 12.8 Å². The highest BCUT2D eigenvalue weighted by atomic mass is 16.5. The van der Waals surface area contributed by atoms with Crippen molar-refractivity contribution in [3.05, 3.63) is 35.9 Å². The normalized spacial score (nSPS) is 20.2. The molecular weight excluding hydrogens is 228 g/mol. The van der Waals surface area contributed by atoms with Crippen molar-refractivity contribution in [3.63, 3.8) is 0 Å². The number of hydrogen-bond acceptors (Lipinski definition) is 3. The highest BCUT2D eigenvalue weighted by Crippen LogP contribution is 2.16. The van der Waals surface area contributed by atoms with E-state index in [-0.39, 0.29) is 12.1 Å². The summed E-state index contributed by atoms with van der Waals surface area (Å²) < 4.78 is 11.0. The molecule has 0 amide bonds. The summed E-state index contributed by atoms with van der Waals surface area (Å²) in [5.41, 5.74) is 1.18. The molecule has 0 aromatic heterocycles. The summed E-state index contributed by atoms with van der Waals surface area (Å²) in [6.45, 7) is 1.27. The predicted octanol–water partition coefficient (Wildman–Crippen LogP) is 3.08. The molecule has 3 heteroatoms. The van der Waals surface area contributed by atoms with Gasteiger partial charge in [0.15, 0.2) is 0 Å². The van der Waals surface area contributed by atoms with E-state index in [1.165, 1.54) is 5.56 Å². The lowest BCUT2D eigenvalue weighted by Gasteiger charge is -2.14. The van der Waals surface area contributed by atoms with Crippen molar-refractivity contribution in [2.45, 2.75) is 44.8 Å². The summed E-state index contributed by atoms with van der Waals surface area (Å²) in [6, 6.07) is 10.1. The summed E-state index contributed by atoms with van der Waals surface area (Å²) >= 11 is 0. The number of carbonyl (C=O) groups is 1. The molecule has 18 heavy (non-hydrogen) atoms. The summed E-state index contributed by atoms with van der Waals surface area (Å²) in [7, 11) is 0. The first-order valence-corrected chi connectivity index (χ1v) is 6.66. The minimum absolute atomic E-state index is 0.0516. The van der Waals surface area contributed by atoms with Crippen LogP contribution in [-0.2, 0) is 20.9 Å². The SMILES string of the molecule is O=C1CCCC[C@@H](CCOCc2ccccc2)O1. The molecule has 1 heterocycles. The van der Waals surface area contributed by atoms with Gasteiger partial charge in [-0.05, 0) is 24.8 Å². The van der Waals surface area contributed by atoms with Crippen LogP contribution in [0.2, 0.25) is 0 Å². The van der Waals surface area contributed by atoms with Gasteiger partial charge in [-0.3, -0.25) is 4.79 Å². The molecule has 1 aromatic carbocycles. The summed E-state index contributed by atoms with van der Waals surface area (Å²) in [4.78, 5) is 11.3. The molecule has 0 saturated carbocycles. The van der Waals surface area contributed by atoms with Gasteiger partial charge < -0.3 is 9.47 Å². The summed E-state index contributed by atoms with van der Waals surface area (Å²) in [6.07, 6.45) is 4.44. The van der Waals surface area contributed by atoms with E-state index in [0.29, 0.717) is 19.6 Å². The van der Waals surface area contributed by atoms with Gasteiger partial charge >= 0.3 is 5.97 Å². The van der Waals surface area contributed by atoms with E-state index >= 15 is 0 Å². The monoisotopic (exact) mass is 248 g/mol. The average Bonchev–Trinajstić information content (AvgIpc) is 2.60. The number of rotatable bonds is 5. The van der Waals surface area contributed by atoms with Crippen molar-refractivity contribution >= 4 is 5.97 Å². The van der Waals surface area contributed by atoms with Crippen molar-refractivity contribution in [1.82, 2.24) is 0 Å². The van der Waals surface area contributed by atoms with Crippen LogP contribution in [0.3, 0.4) is 0 Å². The van der Waals surface area contributed by atoms with E-state index < -0.39 is 0 Å². The first-order valence-electron chi connectivity index (χ1n) is 6.66. The van der Waals surface area contributed by atoms with E-state index in [9.17, 15) is 4.79 Å². The van der Waals surface area contributed by atoms with E-state index in [4.69, 9.17) is 9.47 Å². The molecule has 1 saturated heterocycles. The number of esters is 1. The van der Waals surface area contributed by atoms with Crippen LogP contribution in [0.25, 0.3) is 0 Å². The Morgan fingerprint density at radius 1 is 1.22 bits per heavy atom. The maximum atomic E-state index is 11.3. The fraction of sp³-hybridized carbons (Fsp3) is 0.533. The number of hydrogen-bond donors (Lipinski definition) is 0. The maximum Gasteiger partial charge on any atom is 0.306 e. The molecule has 98 valence electrons. The lowest BCUT2D eigenvalue weighted by atomic mass is 10.1. The van der Waals surface area contributed by atoms with Crippen LogP contribution in [0, 0.1) is 0 Å². The molecule has 0 unspecified atom stereocenters. The van der Waals surface area contributed by atoms with Gasteiger partial charge in [0.05, 0.1) is 13.2 Å². The van der Waals surface area contributed by atoms with Crippen LogP contribution in [0.4, 0.5) is 0 Å². The molecule has 0 bridgehead atoms. The minimum atomic E-state index is -0.0550. The molecular formula is C15H20O3. The summed E-state index contributed by atoms with van der Waals surface area (Å²) in [5, 5.41) is 0. The number of benzene rings is 1. The smallest absolute Gasteiger partial charge is 0.306 e. The number of carbonyl (C=O) groups excluding carboxylic acids is 1. The molecule has 1 aliphatic rings. The Morgan fingerprint density at radius 3 is 2.89 bits per heavy atom. The van der Waals surface area contributed by atoms with Gasteiger partial charge in [-0.2, -0.15) is 0 Å². The van der Waals surface area contributed by atoms with Crippen molar-refractivity contribution in [3.8, 4) is 0 Å². The highest BCUT2D eigenvalue weighted by molar-refractivity contribution is 5.69. The Hall–Kier alpha value is -1.35. The second-order valence-corrected chi connectivity index (χ2v) is 4.68. The molecule has 1 fully saturated rings. The van der Waals surface area contributed by atoms with Gasteiger partial charge in [-0.25, -0.2) is 0 Å². The van der Waals surface area contributed by atoms with E-state index in [0.717, 1.165) is 25.7 Å². The predicted molar refractivity (Wildman–Crippen MR) is 69.1 cm³/mol. The lowest BCUT2D eigenvalue weighted by molar-refractivity contribution is -0.148. The number of cyclic esters (lactones) is 1. The number of ether oxygens (including phenoxy) is 2. The molecule has 3 nitrogen and oxygen atoms in total. The molecule has 1 aromatic rings. The average molecular weight is 248 g/mol. The molecule has 0 N–H and O–H groups in total. The standard InChI is InChI=1S/C15H20O3/c16-15-9-5-4-8-14(18-15)10-11-17-12-13-6-2-1-3-7-13/h1-3,6-7,14H,4-5,8-12H2/t14-/m0/s1. The van der Waals surface area contributed by atoms with Gasteiger partial charge in [0.1, 0.15) is 6.10 Å². The van der Waals surface area contributed by atoms with Crippen molar-refractivity contribution < 1.29 is 14.3 Å². The largest absolute Gasteiger partial charge is 0.462 e. The van der Waals surface area contributed by atoms with E-state index in [1.807, 2.05) is 30.3 Å². The van der Waals surface area contributed by atoms with Crippen LogP contribution in [-0.4, -0.2) is 18.7 Å². The molecule has 1 atom stereocenters. The lowest BCUT2D eigenvalue weighted by Crippen LogP contribution is -2.17. The van der Waals surface area contributed by atoms with Crippen molar-refractivity contribution in [2.75, 3.05) is 6.61 Å². The summed E-state index contributed by atoms with van der Waals surface area (Å²) in [5.74, 6) is -0.0550.